The smallest absolute Gasteiger partial charge is 0.280 e. The first-order valence-electron chi connectivity index (χ1n) is 5.68. The molecular weight excluding hydrogens is 264 g/mol. The standard InChI is InChI=1S/C12H16N4O2S/c1-8-6-10(4-5-11(8)13)15-19(17,18)12-7-16(3)9(2)14-12/h4-7,15H,13H2,1-3H3. The van der Waals surface area contributed by atoms with E-state index >= 15 is 0 Å². The molecule has 1 heterocycles. The Hall–Kier alpha value is -2.02. The van der Waals surface area contributed by atoms with Crippen molar-refractivity contribution in [1.29, 1.82) is 0 Å². The number of nitrogens with one attached hydrogen (secondary N) is 1. The topological polar surface area (TPSA) is 90.0 Å². The molecule has 7 heteroatoms. The summed E-state index contributed by atoms with van der Waals surface area (Å²) in [6, 6.07) is 4.97. The predicted molar refractivity (Wildman–Crippen MR) is 74.3 cm³/mol. The summed E-state index contributed by atoms with van der Waals surface area (Å²) in [5.74, 6) is 0.633. The Kier molecular flexibility index (Phi) is 3.23. The van der Waals surface area contributed by atoms with Crippen LogP contribution in [-0.4, -0.2) is 18.0 Å². The lowest BCUT2D eigenvalue weighted by Gasteiger charge is -2.07. The molecule has 0 aliphatic heterocycles. The summed E-state index contributed by atoms with van der Waals surface area (Å²) in [5, 5.41) is 0.00183. The summed E-state index contributed by atoms with van der Waals surface area (Å²) in [5.41, 5.74) is 7.60. The number of aryl methyl sites for hydroxylation is 3. The minimum absolute atomic E-state index is 0.00183. The van der Waals surface area contributed by atoms with Gasteiger partial charge in [0.2, 0.25) is 0 Å². The molecule has 2 aromatic rings. The number of nitrogen functional groups attached to an aromatic ring is 1. The number of rotatable bonds is 3. The molecule has 0 atom stereocenters. The molecule has 0 amide bonds. The zero-order chi connectivity index (χ0) is 14.2. The number of anilines is 2. The number of sulfonamides is 1. The Balaban J connectivity index is 2.33. The number of hydrogen-bond donors (Lipinski definition) is 2. The molecule has 0 aliphatic carbocycles. The minimum atomic E-state index is -3.67. The van der Waals surface area contributed by atoms with E-state index in [4.69, 9.17) is 5.73 Å². The first-order valence-corrected chi connectivity index (χ1v) is 7.17. The first kappa shape index (κ1) is 13.4. The second-order valence-corrected chi connectivity index (χ2v) is 6.04. The summed E-state index contributed by atoms with van der Waals surface area (Å²) in [4.78, 5) is 4.01. The van der Waals surface area contributed by atoms with Crippen LogP contribution in [0.25, 0.3) is 0 Å². The van der Waals surface area contributed by atoms with Crippen LogP contribution in [0.2, 0.25) is 0 Å². The second-order valence-electron chi connectivity index (χ2n) is 4.41. The van der Waals surface area contributed by atoms with Gasteiger partial charge in [0.25, 0.3) is 10.0 Å². The molecule has 0 fully saturated rings. The number of imidazole rings is 1. The molecule has 0 spiro atoms. The molecule has 0 unspecified atom stereocenters. The highest BCUT2D eigenvalue weighted by atomic mass is 32.2. The van der Waals surface area contributed by atoms with E-state index in [1.165, 1.54) is 6.20 Å². The van der Waals surface area contributed by atoms with Gasteiger partial charge in [-0.2, -0.15) is 8.42 Å². The summed E-state index contributed by atoms with van der Waals surface area (Å²) in [6.45, 7) is 3.56. The largest absolute Gasteiger partial charge is 0.399 e. The second kappa shape index (κ2) is 4.58. The van der Waals surface area contributed by atoms with Crippen molar-refractivity contribution in [2.24, 2.45) is 7.05 Å². The molecule has 3 N–H and O–H groups in total. The van der Waals surface area contributed by atoms with Crippen LogP contribution in [0.3, 0.4) is 0 Å². The number of nitrogens with two attached hydrogens (primary N) is 1. The number of hydrogen-bond acceptors (Lipinski definition) is 4. The summed E-state index contributed by atoms with van der Waals surface area (Å²) in [7, 11) is -1.92. The molecule has 1 aromatic heterocycles. The van der Waals surface area contributed by atoms with E-state index in [9.17, 15) is 8.42 Å². The first-order chi connectivity index (χ1) is 8.79. The predicted octanol–water partition coefficient (Wildman–Crippen LogP) is 1.42. The molecule has 2 rings (SSSR count). The van der Waals surface area contributed by atoms with Gasteiger partial charge in [0.05, 0.1) is 0 Å². The zero-order valence-electron chi connectivity index (χ0n) is 11.0. The summed E-state index contributed by atoms with van der Waals surface area (Å²) >= 11 is 0. The van der Waals surface area contributed by atoms with Crippen molar-refractivity contribution in [2.75, 3.05) is 10.5 Å². The molecule has 0 saturated carbocycles. The number of benzene rings is 1. The minimum Gasteiger partial charge on any atom is -0.399 e. The Labute approximate surface area is 112 Å². The van der Waals surface area contributed by atoms with Crippen LogP contribution in [0.4, 0.5) is 11.4 Å². The van der Waals surface area contributed by atoms with Gasteiger partial charge in [0, 0.05) is 24.6 Å². The van der Waals surface area contributed by atoms with Crippen molar-refractivity contribution in [3.8, 4) is 0 Å². The van der Waals surface area contributed by atoms with E-state index in [-0.39, 0.29) is 5.03 Å². The van der Waals surface area contributed by atoms with Crippen molar-refractivity contribution < 1.29 is 8.42 Å². The lowest BCUT2D eigenvalue weighted by Crippen LogP contribution is -2.13. The SMILES string of the molecule is Cc1cc(NS(=O)(=O)c2cn(C)c(C)n2)ccc1N. The van der Waals surface area contributed by atoms with Crippen LogP contribution in [-0.2, 0) is 17.1 Å². The number of aromatic nitrogens is 2. The van der Waals surface area contributed by atoms with E-state index in [0.717, 1.165) is 5.56 Å². The normalized spacial score (nSPS) is 11.5. The average Bonchev–Trinajstić information content (AvgIpc) is 2.65. The van der Waals surface area contributed by atoms with Crippen LogP contribution in [0.15, 0.2) is 29.4 Å². The lowest BCUT2D eigenvalue weighted by atomic mass is 10.2. The maximum Gasteiger partial charge on any atom is 0.280 e. The number of nitrogens with zero attached hydrogens (tertiary/aromatic N) is 2. The Morgan fingerprint density at radius 1 is 1.32 bits per heavy atom. The highest BCUT2D eigenvalue weighted by Gasteiger charge is 2.18. The van der Waals surface area contributed by atoms with Gasteiger partial charge in [-0.25, -0.2) is 4.98 Å². The fraction of sp³-hybridized carbons (Fsp3) is 0.250. The summed E-state index contributed by atoms with van der Waals surface area (Å²) < 4.78 is 28.4. The fourth-order valence-electron chi connectivity index (χ4n) is 1.60. The quantitative estimate of drug-likeness (QED) is 0.832. The third kappa shape index (κ3) is 2.70. The van der Waals surface area contributed by atoms with Crippen LogP contribution in [0.5, 0.6) is 0 Å². The van der Waals surface area contributed by atoms with Crippen LogP contribution in [0.1, 0.15) is 11.4 Å². The molecule has 1 aromatic carbocycles. The van der Waals surface area contributed by atoms with E-state index in [2.05, 4.69) is 9.71 Å². The van der Waals surface area contributed by atoms with E-state index < -0.39 is 10.0 Å². The molecule has 102 valence electrons. The van der Waals surface area contributed by atoms with Crippen molar-refractivity contribution in [3.05, 3.63) is 35.8 Å². The van der Waals surface area contributed by atoms with Crippen molar-refractivity contribution in [3.63, 3.8) is 0 Å². The maximum absolute atomic E-state index is 12.1. The van der Waals surface area contributed by atoms with Gasteiger partial charge < -0.3 is 10.3 Å². The molecule has 0 bridgehead atoms. The van der Waals surface area contributed by atoms with Crippen molar-refractivity contribution in [1.82, 2.24) is 9.55 Å². The molecular formula is C12H16N4O2S. The van der Waals surface area contributed by atoms with Gasteiger partial charge in [0.15, 0.2) is 5.03 Å². The van der Waals surface area contributed by atoms with Crippen LogP contribution in [0, 0.1) is 13.8 Å². The molecule has 0 radical (unpaired) electrons. The highest BCUT2D eigenvalue weighted by Crippen LogP contribution is 2.19. The molecule has 0 saturated heterocycles. The summed E-state index contributed by atoms with van der Waals surface area (Å²) in [6.07, 6.45) is 1.47. The highest BCUT2D eigenvalue weighted by molar-refractivity contribution is 7.92. The zero-order valence-corrected chi connectivity index (χ0v) is 11.8. The van der Waals surface area contributed by atoms with E-state index in [1.54, 1.807) is 36.7 Å². The van der Waals surface area contributed by atoms with Gasteiger partial charge >= 0.3 is 0 Å². The van der Waals surface area contributed by atoms with Crippen LogP contribution < -0.4 is 10.5 Å². The van der Waals surface area contributed by atoms with Crippen molar-refractivity contribution >= 4 is 21.4 Å². The monoisotopic (exact) mass is 280 g/mol. The Bertz CT molecular complexity index is 700. The third-order valence-corrected chi connectivity index (χ3v) is 4.14. The molecule has 19 heavy (non-hydrogen) atoms. The molecule has 6 nitrogen and oxygen atoms in total. The molecule has 0 aliphatic rings. The third-order valence-electron chi connectivity index (χ3n) is 2.88. The average molecular weight is 280 g/mol. The van der Waals surface area contributed by atoms with Gasteiger partial charge in [-0.05, 0) is 37.6 Å². The van der Waals surface area contributed by atoms with Gasteiger partial charge in [-0.3, -0.25) is 4.72 Å². The van der Waals surface area contributed by atoms with Gasteiger partial charge in [-0.15, -0.1) is 0 Å². The Morgan fingerprint density at radius 2 is 2.00 bits per heavy atom. The lowest BCUT2D eigenvalue weighted by molar-refractivity contribution is 0.598. The van der Waals surface area contributed by atoms with Gasteiger partial charge in [0.1, 0.15) is 5.82 Å². The van der Waals surface area contributed by atoms with Crippen LogP contribution >= 0.6 is 0 Å². The van der Waals surface area contributed by atoms with Crippen molar-refractivity contribution in [2.45, 2.75) is 18.9 Å². The van der Waals surface area contributed by atoms with E-state index in [1.807, 2.05) is 6.92 Å². The maximum atomic E-state index is 12.1. The fourth-order valence-corrected chi connectivity index (χ4v) is 2.69. The Morgan fingerprint density at radius 3 is 2.53 bits per heavy atom. The van der Waals surface area contributed by atoms with Gasteiger partial charge in [-0.1, -0.05) is 0 Å². The van der Waals surface area contributed by atoms with E-state index in [0.29, 0.717) is 17.2 Å².